The van der Waals surface area contributed by atoms with Crippen molar-refractivity contribution in [2.45, 2.75) is 29.9 Å². The molecule has 0 atom stereocenters. The SMILES string of the molecule is CC(C)n1c(Sc2cccnc2C(=O)O)n[nH]c1=O. The van der Waals surface area contributed by atoms with Crippen molar-refractivity contribution in [1.29, 1.82) is 0 Å². The Hall–Kier alpha value is -2.09. The van der Waals surface area contributed by atoms with E-state index in [1.807, 2.05) is 13.8 Å². The number of H-pyrrole nitrogens is 1. The molecule has 0 amide bonds. The molecule has 0 fully saturated rings. The van der Waals surface area contributed by atoms with Crippen LogP contribution in [0.4, 0.5) is 0 Å². The van der Waals surface area contributed by atoms with Crippen LogP contribution in [0.3, 0.4) is 0 Å². The maximum atomic E-state index is 11.6. The van der Waals surface area contributed by atoms with Crippen molar-refractivity contribution in [2.24, 2.45) is 0 Å². The van der Waals surface area contributed by atoms with E-state index in [9.17, 15) is 9.59 Å². The van der Waals surface area contributed by atoms with Crippen molar-refractivity contribution in [1.82, 2.24) is 19.7 Å². The second-order valence-electron chi connectivity index (χ2n) is 4.03. The summed E-state index contributed by atoms with van der Waals surface area (Å²) in [5.74, 6) is -1.11. The molecule has 0 aliphatic rings. The van der Waals surface area contributed by atoms with Crippen molar-refractivity contribution >= 4 is 17.7 Å². The molecule has 100 valence electrons. The molecular formula is C11H12N4O3S. The maximum Gasteiger partial charge on any atom is 0.355 e. The fraction of sp³-hybridized carbons (Fsp3) is 0.273. The average molecular weight is 280 g/mol. The predicted octanol–water partition coefficient (Wildman–Crippen LogP) is 1.40. The molecule has 0 aliphatic carbocycles. The van der Waals surface area contributed by atoms with Gasteiger partial charge in [-0.25, -0.2) is 19.7 Å². The molecule has 0 radical (unpaired) electrons. The van der Waals surface area contributed by atoms with E-state index >= 15 is 0 Å². The molecule has 2 rings (SSSR count). The van der Waals surface area contributed by atoms with Crippen LogP contribution < -0.4 is 5.69 Å². The number of aromatic nitrogens is 4. The van der Waals surface area contributed by atoms with E-state index in [0.717, 1.165) is 11.8 Å². The van der Waals surface area contributed by atoms with Crippen LogP contribution in [0.1, 0.15) is 30.4 Å². The zero-order valence-corrected chi connectivity index (χ0v) is 11.1. The summed E-state index contributed by atoms with van der Waals surface area (Å²) in [4.78, 5) is 26.9. The number of pyridine rings is 1. The van der Waals surface area contributed by atoms with Gasteiger partial charge in [-0.15, -0.1) is 5.10 Å². The topological polar surface area (TPSA) is 101 Å². The first kappa shape index (κ1) is 13.3. The van der Waals surface area contributed by atoms with Gasteiger partial charge in [0.15, 0.2) is 10.9 Å². The second-order valence-corrected chi connectivity index (χ2v) is 5.04. The minimum absolute atomic E-state index is 0.0572. The maximum absolute atomic E-state index is 11.6. The molecule has 0 aromatic carbocycles. The van der Waals surface area contributed by atoms with Crippen LogP contribution in [0, 0.1) is 0 Å². The first-order chi connectivity index (χ1) is 9.00. The van der Waals surface area contributed by atoms with Crippen molar-refractivity contribution < 1.29 is 9.90 Å². The molecule has 2 aromatic rings. The first-order valence-electron chi connectivity index (χ1n) is 5.53. The number of aromatic carboxylic acids is 1. The molecule has 19 heavy (non-hydrogen) atoms. The molecule has 2 N–H and O–H groups in total. The average Bonchev–Trinajstić information content (AvgIpc) is 2.71. The lowest BCUT2D eigenvalue weighted by molar-refractivity contribution is 0.0686. The minimum Gasteiger partial charge on any atom is -0.476 e. The normalized spacial score (nSPS) is 10.9. The Morgan fingerprint density at radius 3 is 2.89 bits per heavy atom. The summed E-state index contributed by atoms with van der Waals surface area (Å²) in [5, 5.41) is 15.7. The van der Waals surface area contributed by atoms with Gasteiger partial charge in [0.2, 0.25) is 0 Å². The molecule has 0 unspecified atom stereocenters. The van der Waals surface area contributed by atoms with Gasteiger partial charge < -0.3 is 5.11 Å². The Labute approximate surface area is 112 Å². The van der Waals surface area contributed by atoms with Crippen LogP contribution in [0.5, 0.6) is 0 Å². The van der Waals surface area contributed by atoms with Gasteiger partial charge in [0.05, 0.1) is 0 Å². The Balaban J connectivity index is 2.43. The Kier molecular flexibility index (Phi) is 3.70. The minimum atomic E-state index is -1.11. The number of carboxylic acid groups (broad SMARTS) is 1. The number of rotatable bonds is 4. The molecule has 2 aromatic heterocycles. The highest BCUT2D eigenvalue weighted by atomic mass is 32.2. The van der Waals surface area contributed by atoms with Gasteiger partial charge in [-0.2, -0.15) is 0 Å². The fourth-order valence-electron chi connectivity index (χ4n) is 1.55. The lowest BCUT2D eigenvalue weighted by Gasteiger charge is -2.09. The van der Waals surface area contributed by atoms with Crippen LogP contribution in [0.15, 0.2) is 33.2 Å². The molecule has 0 aliphatic heterocycles. The molecule has 7 nitrogen and oxygen atoms in total. The van der Waals surface area contributed by atoms with Gasteiger partial charge in [-0.05, 0) is 37.7 Å². The number of hydrogen-bond acceptors (Lipinski definition) is 5. The Morgan fingerprint density at radius 2 is 2.26 bits per heavy atom. The van der Waals surface area contributed by atoms with Gasteiger partial charge in [0.25, 0.3) is 0 Å². The van der Waals surface area contributed by atoms with Crippen LogP contribution in [-0.4, -0.2) is 30.8 Å². The highest BCUT2D eigenvalue weighted by Gasteiger charge is 2.17. The smallest absolute Gasteiger partial charge is 0.355 e. The van der Waals surface area contributed by atoms with E-state index in [1.54, 1.807) is 12.1 Å². The third kappa shape index (κ3) is 2.68. The number of carbonyl (C=O) groups is 1. The van der Waals surface area contributed by atoms with Crippen LogP contribution in [0.25, 0.3) is 0 Å². The van der Waals surface area contributed by atoms with Crippen molar-refractivity contribution in [3.63, 3.8) is 0 Å². The fourth-order valence-corrected chi connectivity index (χ4v) is 2.61. The van der Waals surface area contributed by atoms with Crippen molar-refractivity contribution in [2.75, 3.05) is 0 Å². The van der Waals surface area contributed by atoms with E-state index < -0.39 is 5.97 Å². The van der Waals surface area contributed by atoms with Crippen molar-refractivity contribution in [3.8, 4) is 0 Å². The van der Waals surface area contributed by atoms with Crippen LogP contribution in [-0.2, 0) is 0 Å². The summed E-state index contributed by atoms with van der Waals surface area (Å²) in [6, 6.07) is 3.20. The molecule has 0 saturated carbocycles. The van der Waals surface area contributed by atoms with Crippen LogP contribution >= 0.6 is 11.8 Å². The van der Waals surface area contributed by atoms with Gasteiger partial charge in [0, 0.05) is 17.1 Å². The predicted molar refractivity (Wildman–Crippen MR) is 68.6 cm³/mol. The number of aromatic amines is 1. The largest absolute Gasteiger partial charge is 0.476 e. The monoisotopic (exact) mass is 280 g/mol. The lowest BCUT2D eigenvalue weighted by Crippen LogP contribution is -2.19. The van der Waals surface area contributed by atoms with Crippen molar-refractivity contribution in [3.05, 3.63) is 34.5 Å². The standard InChI is InChI=1S/C11H12N4O3S/c1-6(2)15-10(18)13-14-11(15)19-7-4-3-5-12-8(7)9(16)17/h3-6H,1-2H3,(H,13,18)(H,16,17). The van der Waals surface area contributed by atoms with E-state index in [-0.39, 0.29) is 17.4 Å². The molecular weight excluding hydrogens is 268 g/mol. The third-order valence-corrected chi connectivity index (χ3v) is 3.38. The van der Waals surface area contributed by atoms with E-state index in [1.165, 1.54) is 10.8 Å². The summed E-state index contributed by atoms with van der Waals surface area (Å²) < 4.78 is 1.46. The summed E-state index contributed by atoms with van der Waals surface area (Å²) in [6.07, 6.45) is 1.41. The molecule has 0 spiro atoms. The quantitative estimate of drug-likeness (QED) is 0.877. The Bertz CT molecular complexity index is 662. The van der Waals surface area contributed by atoms with Gasteiger partial charge in [-0.3, -0.25) is 4.57 Å². The number of nitrogens with zero attached hydrogens (tertiary/aromatic N) is 3. The summed E-state index contributed by atoms with van der Waals surface area (Å²) in [7, 11) is 0. The van der Waals surface area contributed by atoms with E-state index in [0.29, 0.717) is 10.1 Å². The second kappa shape index (κ2) is 5.27. The number of nitrogens with one attached hydrogen (secondary N) is 1. The molecule has 2 heterocycles. The van der Waals surface area contributed by atoms with Gasteiger partial charge in [-0.1, -0.05) is 0 Å². The molecule has 8 heteroatoms. The highest BCUT2D eigenvalue weighted by molar-refractivity contribution is 7.99. The summed E-state index contributed by atoms with van der Waals surface area (Å²) in [5.41, 5.74) is -0.378. The summed E-state index contributed by atoms with van der Waals surface area (Å²) in [6.45, 7) is 3.70. The highest BCUT2D eigenvalue weighted by Crippen LogP contribution is 2.28. The van der Waals surface area contributed by atoms with E-state index in [2.05, 4.69) is 15.2 Å². The number of carboxylic acids is 1. The van der Waals surface area contributed by atoms with Gasteiger partial charge >= 0.3 is 11.7 Å². The van der Waals surface area contributed by atoms with Gasteiger partial charge in [0.1, 0.15) is 0 Å². The number of hydrogen-bond donors (Lipinski definition) is 2. The first-order valence-corrected chi connectivity index (χ1v) is 6.35. The Morgan fingerprint density at radius 1 is 1.53 bits per heavy atom. The van der Waals surface area contributed by atoms with E-state index in [4.69, 9.17) is 5.11 Å². The zero-order valence-electron chi connectivity index (χ0n) is 10.3. The lowest BCUT2D eigenvalue weighted by atomic mass is 10.3. The summed E-state index contributed by atoms with van der Waals surface area (Å²) >= 11 is 1.10. The molecule has 0 saturated heterocycles. The third-order valence-electron chi connectivity index (χ3n) is 2.36. The zero-order chi connectivity index (χ0) is 14.0. The molecule has 0 bridgehead atoms. The van der Waals surface area contributed by atoms with Crippen LogP contribution in [0.2, 0.25) is 0 Å².